The van der Waals surface area contributed by atoms with E-state index >= 15 is 0 Å². The summed E-state index contributed by atoms with van der Waals surface area (Å²) in [7, 11) is 0. The molecule has 0 radical (unpaired) electrons. The van der Waals surface area contributed by atoms with Gasteiger partial charge in [0, 0.05) is 43.7 Å². The maximum absolute atomic E-state index is 12.9. The SMILES string of the molecule is O=C(c1cn2ccsc2n1)N1CCC2(CC1)C[C@@H](O)C[C@H](c1ccccc1)O2. The number of aliphatic hydroxyl groups is 1. The molecular formula is C21H23N3O3S. The normalized spacial score (nSPS) is 24.7. The van der Waals surface area contributed by atoms with E-state index in [0.717, 1.165) is 23.4 Å². The minimum absolute atomic E-state index is 0.0262. The summed E-state index contributed by atoms with van der Waals surface area (Å²) in [5, 5.41) is 12.5. The van der Waals surface area contributed by atoms with Gasteiger partial charge in [0.25, 0.3) is 5.91 Å². The van der Waals surface area contributed by atoms with E-state index in [1.165, 1.54) is 11.3 Å². The number of benzene rings is 1. The largest absolute Gasteiger partial charge is 0.393 e. The number of nitrogens with zero attached hydrogens (tertiary/aromatic N) is 3. The molecule has 1 amide bonds. The highest BCUT2D eigenvalue weighted by Crippen LogP contribution is 2.43. The van der Waals surface area contributed by atoms with Crippen LogP contribution in [0, 0.1) is 0 Å². The second kappa shape index (κ2) is 6.99. The van der Waals surface area contributed by atoms with Crippen molar-refractivity contribution in [1.29, 1.82) is 0 Å². The molecule has 2 aromatic heterocycles. The van der Waals surface area contributed by atoms with Gasteiger partial charge in [0.05, 0.1) is 17.8 Å². The highest BCUT2D eigenvalue weighted by molar-refractivity contribution is 7.15. The highest BCUT2D eigenvalue weighted by atomic mass is 32.1. The first-order chi connectivity index (χ1) is 13.6. The Kier molecular flexibility index (Phi) is 4.45. The van der Waals surface area contributed by atoms with Gasteiger partial charge in [-0.15, -0.1) is 11.3 Å². The number of hydrogen-bond acceptors (Lipinski definition) is 5. The summed E-state index contributed by atoms with van der Waals surface area (Å²) in [5.41, 5.74) is 1.25. The Hall–Kier alpha value is -2.22. The molecule has 7 heteroatoms. The average Bonchev–Trinajstić information content (AvgIpc) is 3.30. The van der Waals surface area contributed by atoms with Gasteiger partial charge in [-0.05, 0) is 18.4 Å². The quantitative estimate of drug-likeness (QED) is 0.721. The topological polar surface area (TPSA) is 67.1 Å². The molecule has 6 nitrogen and oxygen atoms in total. The number of thiazole rings is 1. The predicted octanol–water partition coefficient (Wildman–Crippen LogP) is 3.28. The number of carbonyl (C=O) groups excluding carboxylic acids is 1. The van der Waals surface area contributed by atoms with Crippen LogP contribution in [0.2, 0.25) is 0 Å². The van der Waals surface area contributed by atoms with Crippen LogP contribution in [-0.4, -0.2) is 50.1 Å². The molecule has 5 rings (SSSR count). The molecule has 0 aliphatic carbocycles. The number of hydrogen-bond donors (Lipinski definition) is 1. The minimum atomic E-state index is -0.374. The van der Waals surface area contributed by atoms with Crippen molar-refractivity contribution >= 4 is 22.2 Å². The summed E-state index contributed by atoms with van der Waals surface area (Å²) >= 11 is 1.52. The fraction of sp³-hybridized carbons (Fsp3) is 0.429. The van der Waals surface area contributed by atoms with Crippen LogP contribution in [0.1, 0.15) is 47.8 Å². The van der Waals surface area contributed by atoms with Crippen LogP contribution in [0.5, 0.6) is 0 Å². The zero-order chi connectivity index (χ0) is 19.1. The van der Waals surface area contributed by atoms with Gasteiger partial charge in [-0.1, -0.05) is 30.3 Å². The lowest BCUT2D eigenvalue weighted by atomic mass is 9.81. The fourth-order valence-corrected chi connectivity index (χ4v) is 5.16. The Morgan fingerprint density at radius 2 is 2.04 bits per heavy atom. The smallest absolute Gasteiger partial charge is 0.274 e. The van der Waals surface area contributed by atoms with E-state index in [1.54, 1.807) is 6.20 Å². The third kappa shape index (κ3) is 3.23. The van der Waals surface area contributed by atoms with Crippen LogP contribution in [0.25, 0.3) is 4.96 Å². The van der Waals surface area contributed by atoms with Gasteiger partial charge in [-0.25, -0.2) is 4.98 Å². The maximum Gasteiger partial charge on any atom is 0.274 e. The van der Waals surface area contributed by atoms with Gasteiger partial charge in [-0.2, -0.15) is 0 Å². The molecule has 2 fully saturated rings. The number of aliphatic hydroxyl groups excluding tert-OH is 1. The Morgan fingerprint density at radius 3 is 2.79 bits per heavy atom. The van der Waals surface area contributed by atoms with E-state index in [1.807, 2.05) is 39.1 Å². The number of likely N-dealkylation sites (tertiary alicyclic amines) is 1. The molecular weight excluding hydrogens is 374 g/mol. The zero-order valence-electron chi connectivity index (χ0n) is 15.5. The molecule has 0 saturated carbocycles. The van der Waals surface area contributed by atoms with Crippen LogP contribution in [0.15, 0.2) is 48.1 Å². The molecule has 28 heavy (non-hydrogen) atoms. The number of piperidine rings is 1. The Morgan fingerprint density at radius 1 is 1.25 bits per heavy atom. The van der Waals surface area contributed by atoms with Crippen LogP contribution in [0.3, 0.4) is 0 Å². The Balaban J connectivity index is 1.28. The van der Waals surface area contributed by atoms with Crippen molar-refractivity contribution in [2.24, 2.45) is 0 Å². The maximum atomic E-state index is 12.9. The van der Waals surface area contributed by atoms with Crippen molar-refractivity contribution < 1.29 is 14.6 Å². The molecule has 0 unspecified atom stereocenters. The van der Waals surface area contributed by atoms with Crippen molar-refractivity contribution in [3.05, 3.63) is 59.4 Å². The minimum Gasteiger partial charge on any atom is -0.393 e. The second-order valence-corrected chi connectivity index (χ2v) is 8.68. The first-order valence-electron chi connectivity index (χ1n) is 9.74. The lowest BCUT2D eigenvalue weighted by molar-refractivity contribution is -0.181. The summed E-state index contributed by atoms with van der Waals surface area (Å²) in [4.78, 5) is 20.0. The van der Waals surface area contributed by atoms with Crippen molar-refractivity contribution in [1.82, 2.24) is 14.3 Å². The van der Waals surface area contributed by atoms with Gasteiger partial charge in [-0.3, -0.25) is 9.20 Å². The lowest BCUT2D eigenvalue weighted by Gasteiger charge is -2.48. The van der Waals surface area contributed by atoms with E-state index in [-0.39, 0.29) is 23.7 Å². The monoisotopic (exact) mass is 397 g/mol. The number of rotatable bonds is 2. The number of carbonyl (C=O) groups is 1. The van der Waals surface area contributed by atoms with Crippen molar-refractivity contribution in [3.8, 4) is 0 Å². The molecule has 0 bridgehead atoms. The van der Waals surface area contributed by atoms with Crippen molar-refractivity contribution in [3.63, 3.8) is 0 Å². The van der Waals surface area contributed by atoms with Crippen LogP contribution in [0.4, 0.5) is 0 Å². The van der Waals surface area contributed by atoms with E-state index in [0.29, 0.717) is 31.6 Å². The van der Waals surface area contributed by atoms with Gasteiger partial charge < -0.3 is 14.7 Å². The van der Waals surface area contributed by atoms with Crippen molar-refractivity contribution in [2.75, 3.05) is 13.1 Å². The molecule has 146 valence electrons. The second-order valence-electron chi connectivity index (χ2n) is 7.81. The van der Waals surface area contributed by atoms with Gasteiger partial charge in [0.1, 0.15) is 5.69 Å². The zero-order valence-corrected chi connectivity index (χ0v) is 16.3. The van der Waals surface area contributed by atoms with Gasteiger partial charge >= 0.3 is 0 Å². The summed E-state index contributed by atoms with van der Waals surface area (Å²) in [6.07, 6.45) is 5.98. The van der Waals surface area contributed by atoms with Crippen LogP contribution < -0.4 is 0 Å². The summed E-state index contributed by atoms with van der Waals surface area (Å²) in [6, 6.07) is 10.1. The average molecular weight is 398 g/mol. The number of fused-ring (bicyclic) bond motifs is 1. The van der Waals surface area contributed by atoms with Gasteiger partial charge in [0.2, 0.25) is 0 Å². The predicted molar refractivity (Wildman–Crippen MR) is 106 cm³/mol. The lowest BCUT2D eigenvalue weighted by Crippen LogP contribution is -2.52. The summed E-state index contributed by atoms with van der Waals surface area (Å²) in [5.74, 6) is -0.0262. The molecule has 2 atom stereocenters. The molecule has 2 saturated heterocycles. The first-order valence-corrected chi connectivity index (χ1v) is 10.6. The standard InChI is InChI=1S/C21H23N3O3S/c25-16-12-18(15-4-2-1-3-5-15)27-21(13-16)6-8-23(9-7-21)19(26)17-14-24-10-11-28-20(24)22-17/h1-5,10-11,14,16,18,25H,6-9,12-13H2/t16-,18+/m0/s1. The fourth-order valence-electron chi connectivity index (χ4n) is 4.46. The number of amides is 1. The molecule has 1 N–H and O–H groups in total. The molecule has 2 aliphatic rings. The number of aromatic nitrogens is 2. The first kappa shape index (κ1) is 17.8. The van der Waals surface area contributed by atoms with E-state index in [9.17, 15) is 9.90 Å². The summed E-state index contributed by atoms with van der Waals surface area (Å²) in [6.45, 7) is 1.25. The van der Waals surface area contributed by atoms with Crippen molar-refractivity contribution in [2.45, 2.75) is 43.5 Å². The Labute approximate surface area is 167 Å². The molecule has 2 aliphatic heterocycles. The molecule has 1 aromatic carbocycles. The number of ether oxygens (including phenoxy) is 1. The van der Waals surface area contributed by atoms with Crippen LogP contribution >= 0.6 is 11.3 Å². The third-order valence-corrected chi connectivity index (χ3v) is 6.70. The summed E-state index contributed by atoms with van der Waals surface area (Å²) < 4.78 is 8.41. The van der Waals surface area contributed by atoms with Crippen LogP contribution in [-0.2, 0) is 4.74 Å². The molecule has 3 aromatic rings. The van der Waals surface area contributed by atoms with E-state index in [2.05, 4.69) is 17.1 Å². The molecule has 4 heterocycles. The highest BCUT2D eigenvalue weighted by Gasteiger charge is 2.44. The number of imidazole rings is 1. The Bertz CT molecular complexity index is 947. The van der Waals surface area contributed by atoms with Gasteiger partial charge in [0.15, 0.2) is 4.96 Å². The third-order valence-electron chi connectivity index (χ3n) is 5.93. The molecule has 1 spiro atoms. The van der Waals surface area contributed by atoms with E-state index in [4.69, 9.17) is 4.74 Å². The van der Waals surface area contributed by atoms with E-state index < -0.39 is 0 Å².